The van der Waals surface area contributed by atoms with Gasteiger partial charge < -0.3 is 0 Å². The van der Waals surface area contributed by atoms with Crippen LogP contribution in [0.3, 0.4) is 0 Å². The Balaban J connectivity index is 1.96. The van der Waals surface area contributed by atoms with E-state index < -0.39 is 0 Å². The molecule has 0 aliphatic heterocycles. The van der Waals surface area contributed by atoms with E-state index >= 15 is 0 Å². The Bertz CT molecular complexity index is 830. The van der Waals surface area contributed by atoms with E-state index in [9.17, 15) is 5.26 Å². The van der Waals surface area contributed by atoms with Crippen molar-refractivity contribution in [2.24, 2.45) is 10.4 Å². The van der Waals surface area contributed by atoms with Crippen molar-refractivity contribution in [1.29, 1.82) is 5.26 Å². The maximum atomic E-state index is 9.34. The van der Waals surface area contributed by atoms with Crippen molar-refractivity contribution in [2.45, 2.75) is 58.3 Å². The van der Waals surface area contributed by atoms with Gasteiger partial charge in [-0.3, -0.25) is 0 Å². The fourth-order valence-corrected chi connectivity index (χ4v) is 4.24. The van der Waals surface area contributed by atoms with E-state index in [1.807, 2.05) is 12.2 Å². The average Bonchev–Trinajstić information content (AvgIpc) is 3.47. The van der Waals surface area contributed by atoms with Crippen molar-refractivity contribution >= 4 is 5.71 Å². The molecule has 2 aliphatic carbocycles. The fraction of sp³-hybridized carbons (Fsp3) is 0.417. The van der Waals surface area contributed by atoms with Gasteiger partial charge in [-0.2, -0.15) is 10.3 Å². The first kappa shape index (κ1) is 18.4. The molecule has 0 heterocycles. The van der Waals surface area contributed by atoms with Crippen molar-refractivity contribution < 1.29 is 0 Å². The summed E-state index contributed by atoms with van der Waals surface area (Å²) >= 11 is 0. The number of aliphatic imine (C=N–C) groups is 1. The van der Waals surface area contributed by atoms with Crippen molar-refractivity contribution in [2.75, 3.05) is 0 Å². The van der Waals surface area contributed by atoms with Crippen molar-refractivity contribution in [3.63, 3.8) is 0 Å². The van der Waals surface area contributed by atoms with Gasteiger partial charge in [0.05, 0.1) is 5.71 Å². The van der Waals surface area contributed by atoms with Gasteiger partial charge >= 0.3 is 0 Å². The number of benzene rings is 1. The lowest BCUT2D eigenvalue weighted by atomic mass is 9.75. The summed E-state index contributed by atoms with van der Waals surface area (Å²) in [5, 5.41) is 9.34. The molecule has 0 saturated heterocycles. The summed E-state index contributed by atoms with van der Waals surface area (Å²) in [5.41, 5.74) is 7.32. The smallest absolute Gasteiger partial charge is 0.177 e. The van der Waals surface area contributed by atoms with Gasteiger partial charge in [-0.1, -0.05) is 44.4 Å². The lowest BCUT2D eigenvalue weighted by molar-refractivity contribution is 0.382. The molecule has 2 aliphatic rings. The molecule has 2 nitrogen and oxygen atoms in total. The van der Waals surface area contributed by atoms with Crippen LogP contribution in [0.5, 0.6) is 0 Å². The number of allylic oxidation sites excluding steroid dienone is 4. The highest BCUT2D eigenvalue weighted by Crippen LogP contribution is 2.47. The van der Waals surface area contributed by atoms with Crippen LogP contribution in [-0.2, 0) is 6.42 Å². The molecular formula is C24H28N2. The van der Waals surface area contributed by atoms with E-state index in [0.29, 0.717) is 5.92 Å². The zero-order chi connectivity index (χ0) is 18.7. The number of rotatable bonds is 7. The predicted octanol–water partition coefficient (Wildman–Crippen LogP) is 6.26. The summed E-state index contributed by atoms with van der Waals surface area (Å²) in [7, 11) is 0. The van der Waals surface area contributed by atoms with Crippen LogP contribution in [0.2, 0.25) is 0 Å². The van der Waals surface area contributed by atoms with Crippen LogP contribution in [0.1, 0.15) is 68.6 Å². The van der Waals surface area contributed by atoms with Crippen LogP contribution in [-0.4, -0.2) is 5.71 Å². The summed E-state index contributed by atoms with van der Waals surface area (Å²) in [6, 6.07) is 6.86. The number of hydrogen-bond donors (Lipinski definition) is 0. The molecule has 26 heavy (non-hydrogen) atoms. The summed E-state index contributed by atoms with van der Waals surface area (Å²) < 4.78 is 0. The maximum Gasteiger partial charge on any atom is 0.205 e. The minimum Gasteiger partial charge on any atom is -0.177 e. The lowest BCUT2D eigenvalue weighted by Gasteiger charge is -2.28. The third kappa shape index (κ3) is 3.31. The second kappa shape index (κ2) is 7.46. The second-order valence-electron chi connectivity index (χ2n) is 7.68. The molecule has 134 valence electrons. The third-order valence-corrected chi connectivity index (χ3v) is 6.24. The van der Waals surface area contributed by atoms with Gasteiger partial charge in [-0.05, 0) is 79.7 Å². The number of nitriles is 1. The summed E-state index contributed by atoms with van der Waals surface area (Å²) in [6.45, 7) is 12.2. The normalized spacial score (nSPS) is 24.0. The van der Waals surface area contributed by atoms with Crippen LogP contribution in [0.4, 0.5) is 0 Å². The molecule has 0 spiro atoms. The highest BCUT2D eigenvalue weighted by atomic mass is 14.8. The molecular weight excluding hydrogens is 316 g/mol. The molecule has 0 radical (unpaired) electrons. The van der Waals surface area contributed by atoms with Gasteiger partial charge in [0.15, 0.2) is 0 Å². The zero-order valence-electron chi connectivity index (χ0n) is 16.0. The average molecular weight is 345 g/mol. The van der Waals surface area contributed by atoms with Crippen LogP contribution in [0, 0.1) is 16.9 Å². The van der Waals surface area contributed by atoms with Crippen LogP contribution in [0.25, 0.3) is 0 Å². The number of fused-ring (bicyclic) bond motifs is 1. The van der Waals surface area contributed by atoms with Gasteiger partial charge in [0.1, 0.15) is 0 Å². The van der Waals surface area contributed by atoms with Gasteiger partial charge in [-0.25, -0.2) is 0 Å². The van der Waals surface area contributed by atoms with E-state index in [2.05, 4.69) is 56.4 Å². The van der Waals surface area contributed by atoms with E-state index in [1.165, 1.54) is 40.7 Å². The van der Waals surface area contributed by atoms with E-state index in [0.717, 1.165) is 31.4 Å². The molecule has 1 aromatic rings. The van der Waals surface area contributed by atoms with Crippen LogP contribution in [0.15, 0.2) is 59.6 Å². The Hall–Kier alpha value is -2.40. The van der Waals surface area contributed by atoms with Gasteiger partial charge in [0, 0.05) is 11.0 Å². The number of hydrogen-bond acceptors (Lipinski definition) is 2. The van der Waals surface area contributed by atoms with Gasteiger partial charge in [-0.15, -0.1) is 0 Å². The molecule has 0 amide bonds. The monoisotopic (exact) mass is 344 g/mol. The lowest BCUT2D eigenvalue weighted by Crippen LogP contribution is -2.28. The van der Waals surface area contributed by atoms with E-state index in [-0.39, 0.29) is 5.41 Å². The molecule has 1 aromatic carbocycles. The largest absolute Gasteiger partial charge is 0.205 e. The Kier molecular flexibility index (Phi) is 5.28. The fourth-order valence-electron chi connectivity index (χ4n) is 4.24. The minimum atomic E-state index is -0.0596. The van der Waals surface area contributed by atoms with Crippen LogP contribution >= 0.6 is 0 Å². The second-order valence-corrected chi connectivity index (χ2v) is 7.68. The Morgan fingerprint density at radius 3 is 2.69 bits per heavy atom. The summed E-state index contributed by atoms with van der Waals surface area (Å²) in [5.74, 6) is 0.714. The molecule has 1 unspecified atom stereocenters. The van der Waals surface area contributed by atoms with E-state index in [1.54, 1.807) is 0 Å². The first-order valence-electron chi connectivity index (χ1n) is 9.63. The van der Waals surface area contributed by atoms with E-state index in [4.69, 9.17) is 0 Å². The molecule has 0 N–H and O–H groups in total. The molecule has 0 bridgehead atoms. The molecule has 1 atom stereocenters. The van der Waals surface area contributed by atoms with Gasteiger partial charge in [0.25, 0.3) is 0 Å². The quantitative estimate of drug-likeness (QED) is 0.425. The van der Waals surface area contributed by atoms with Crippen molar-refractivity contribution in [1.82, 2.24) is 0 Å². The Morgan fingerprint density at radius 1 is 1.35 bits per heavy atom. The number of nitrogens with zero attached hydrogens (tertiary/aromatic N) is 2. The molecule has 3 rings (SSSR count). The summed E-state index contributed by atoms with van der Waals surface area (Å²) in [6.07, 6.45) is 12.4. The SMILES string of the molecule is C=C/C(C)=C(\C=C)CCC1(CC)Cc2ccc(C3CC3)cc2C1=NC#N. The first-order valence-corrected chi connectivity index (χ1v) is 9.63. The van der Waals surface area contributed by atoms with Crippen molar-refractivity contribution in [3.8, 4) is 6.19 Å². The van der Waals surface area contributed by atoms with Gasteiger partial charge in [0.2, 0.25) is 6.19 Å². The third-order valence-electron chi connectivity index (χ3n) is 6.24. The highest BCUT2D eigenvalue weighted by Gasteiger charge is 2.42. The predicted molar refractivity (Wildman–Crippen MR) is 109 cm³/mol. The molecule has 0 aromatic heterocycles. The zero-order valence-corrected chi connectivity index (χ0v) is 16.0. The van der Waals surface area contributed by atoms with Crippen LogP contribution < -0.4 is 0 Å². The maximum absolute atomic E-state index is 9.34. The Morgan fingerprint density at radius 2 is 2.12 bits per heavy atom. The highest BCUT2D eigenvalue weighted by molar-refractivity contribution is 6.09. The standard InChI is InChI=1S/C24H28N2/c1-5-17(4)18(6-2)12-13-24(7-3)15-21-11-10-20(19-8-9-19)14-22(21)23(24)26-16-25/h5-6,10-11,14,19H,1-2,7-9,12-13,15H2,3-4H3/b18-17+,26-23?. The molecule has 1 fully saturated rings. The molecule has 1 saturated carbocycles. The summed E-state index contributed by atoms with van der Waals surface area (Å²) in [4.78, 5) is 4.34. The van der Waals surface area contributed by atoms with Crippen molar-refractivity contribution in [3.05, 3.63) is 71.3 Å². The first-order chi connectivity index (χ1) is 12.6. The molecule has 2 heteroatoms. The minimum absolute atomic E-state index is 0.0596. The Labute approximate surface area is 157 Å². The topological polar surface area (TPSA) is 36.1 Å².